The SMILES string of the molecule is [Li][CH2]/C=C(\C)CN(C)C. The van der Waals surface area contributed by atoms with Gasteiger partial charge in [0.05, 0.1) is 0 Å². The fourth-order valence-electron chi connectivity index (χ4n) is 0.912. The molecular formula is C7H14LiN. The van der Waals surface area contributed by atoms with Crippen LogP contribution in [0.15, 0.2) is 11.6 Å². The van der Waals surface area contributed by atoms with E-state index in [2.05, 4.69) is 49.7 Å². The molecule has 0 spiro atoms. The molecule has 1 nitrogen and oxygen atoms in total. The molecule has 0 rings (SSSR count). The molecule has 0 aromatic heterocycles. The molecule has 0 saturated carbocycles. The van der Waals surface area contributed by atoms with Crippen LogP contribution >= 0.6 is 0 Å². The summed E-state index contributed by atoms with van der Waals surface area (Å²) in [6, 6.07) is 0. The van der Waals surface area contributed by atoms with E-state index in [1.54, 1.807) is 0 Å². The van der Waals surface area contributed by atoms with Crippen molar-refractivity contribution in [1.82, 2.24) is 4.90 Å². The van der Waals surface area contributed by atoms with Gasteiger partial charge < -0.3 is 0 Å². The van der Waals surface area contributed by atoms with Crippen LogP contribution in [-0.4, -0.2) is 43.3 Å². The van der Waals surface area contributed by atoms with Crippen LogP contribution in [0.5, 0.6) is 0 Å². The Balaban J connectivity index is 3.49. The summed E-state index contributed by atoms with van der Waals surface area (Å²) in [6.07, 6.45) is 2.26. The molecule has 0 aromatic rings. The third-order valence-electron chi connectivity index (χ3n) is 1.12. The van der Waals surface area contributed by atoms with Gasteiger partial charge in [-0.3, -0.25) is 0 Å². The molecule has 0 unspecified atom stereocenters. The summed E-state index contributed by atoms with van der Waals surface area (Å²) in [5, 5.41) is 1.15. The minimum absolute atomic E-state index is 1.09. The van der Waals surface area contributed by atoms with Crippen molar-refractivity contribution in [2.24, 2.45) is 0 Å². The van der Waals surface area contributed by atoms with E-state index in [4.69, 9.17) is 0 Å². The van der Waals surface area contributed by atoms with Gasteiger partial charge in [0.2, 0.25) is 0 Å². The fraction of sp³-hybridized carbons (Fsp3) is 0.714. The molecule has 0 bridgehead atoms. The molecule has 0 aliphatic carbocycles. The van der Waals surface area contributed by atoms with Crippen molar-refractivity contribution in [2.45, 2.75) is 12.0 Å². The standard InChI is InChI=1S/C7H14N.Li/c1-5-7(2)6-8(3)4;/h5H,1,6H2,2-4H3;/b7-5+;. The second-order valence-electron chi connectivity index (χ2n) is 2.70. The van der Waals surface area contributed by atoms with Gasteiger partial charge in [-0.25, -0.2) is 0 Å². The Labute approximate surface area is 67.3 Å². The predicted molar refractivity (Wildman–Crippen MR) is 42.9 cm³/mol. The van der Waals surface area contributed by atoms with Crippen LogP contribution in [0.2, 0.25) is 5.09 Å². The van der Waals surface area contributed by atoms with Crippen LogP contribution in [0.25, 0.3) is 0 Å². The Morgan fingerprint density at radius 1 is 1.56 bits per heavy atom. The number of allylic oxidation sites excluding steroid dienone is 1. The Bertz CT molecular complexity index is 97.1. The van der Waals surface area contributed by atoms with Crippen molar-refractivity contribution < 1.29 is 0 Å². The van der Waals surface area contributed by atoms with Crippen LogP contribution in [-0.2, 0) is 0 Å². The minimum atomic E-state index is 1.09. The van der Waals surface area contributed by atoms with E-state index in [1.165, 1.54) is 5.57 Å². The van der Waals surface area contributed by atoms with Crippen molar-refractivity contribution in [3.8, 4) is 0 Å². The third-order valence-corrected chi connectivity index (χ3v) is 1.12. The van der Waals surface area contributed by atoms with E-state index in [9.17, 15) is 0 Å². The molecule has 0 aromatic carbocycles. The average Bonchev–Trinajstić information content (AvgIpc) is 1.63. The van der Waals surface area contributed by atoms with Gasteiger partial charge in [0.25, 0.3) is 0 Å². The first kappa shape index (κ1) is 9.30. The Morgan fingerprint density at radius 3 is 2.44 bits per heavy atom. The summed E-state index contributed by atoms with van der Waals surface area (Å²) in [7, 11) is 4.18. The number of nitrogens with zero attached hydrogens (tertiary/aromatic N) is 1. The number of likely N-dealkylation sites (N-methyl/N-ethyl adjacent to an activating group) is 1. The molecule has 0 radical (unpaired) electrons. The van der Waals surface area contributed by atoms with Crippen molar-refractivity contribution in [3.63, 3.8) is 0 Å². The van der Waals surface area contributed by atoms with Crippen LogP contribution in [0.1, 0.15) is 6.92 Å². The van der Waals surface area contributed by atoms with Crippen LogP contribution in [0.4, 0.5) is 0 Å². The average molecular weight is 119 g/mol. The molecule has 0 atom stereocenters. The molecule has 0 N–H and O–H groups in total. The molecular weight excluding hydrogens is 105 g/mol. The first-order valence-electron chi connectivity index (χ1n) is 3.47. The fourth-order valence-corrected chi connectivity index (χ4v) is 0.912. The first-order valence-corrected chi connectivity index (χ1v) is 3.47. The van der Waals surface area contributed by atoms with Crippen molar-refractivity contribution in [3.05, 3.63) is 11.6 Å². The van der Waals surface area contributed by atoms with Gasteiger partial charge in [-0.15, -0.1) is 0 Å². The van der Waals surface area contributed by atoms with Gasteiger partial charge in [-0.1, -0.05) is 0 Å². The van der Waals surface area contributed by atoms with Crippen LogP contribution in [0, 0.1) is 0 Å². The second-order valence-corrected chi connectivity index (χ2v) is 2.70. The summed E-state index contributed by atoms with van der Waals surface area (Å²) >= 11 is 2.17. The Kier molecular flexibility index (Phi) is 5.28. The molecule has 0 fully saturated rings. The summed E-state index contributed by atoms with van der Waals surface area (Å²) in [5.74, 6) is 0. The quantitative estimate of drug-likeness (QED) is 0.397. The van der Waals surface area contributed by atoms with Gasteiger partial charge in [-0.05, 0) is 0 Å². The second kappa shape index (κ2) is 5.11. The Hall–Kier alpha value is 0.297. The zero-order chi connectivity index (χ0) is 7.28. The molecule has 0 aliphatic heterocycles. The predicted octanol–water partition coefficient (Wildman–Crippen LogP) is 1.08. The first-order chi connectivity index (χ1) is 4.16. The number of hydrogen-bond donors (Lipinski definition) is 0. The van der Waals surface area contributed by atoms with E-state index in [0.717, 1.165) is 11.6 Å². The van der Waals surface area contributed by atoms with Gasteiger partial charge in [0, 0.05) is 0 Å². The summed E-state index contributed by atoms with van der Waals surface area (Å²) in [5.41, 5.74) is 1.46. The van der Waals surface area contributed by atoms with Gasteiger partial charge >= 0.3 is 66.9 Å². The summed E-state index contributed by atoms with van der Waals surface area (Å²) < 4.78 is 0. The van der Waals surface area contributed by atoms with Crippen molar-refractivity contribution >= 4 is 17.7 Å². The summed E-state index contributed by atoms with van der Waals surface area (Å²) in [4.78, 5) is 2.18. The van der Waals surface area contributed by atoms with E-state index in [-0.39, 0.29) is 0 Å². The number of rotatable bonds is 3. The van der Waals surface area contributed by atoms with Crippen LogP contribution < -0.4 is 0 Å². The monoisotopic (exact) mass is 119 g/mol. The Morgan fingerprint density at radius 2 is 2.11 bits per heavy atom. The summed E-state index contributed by atoms with van der Waals surface area (Å²) in [6.45, 7) is 3.26. The molecule has 2 heteroatoms. The van der Waals surface area contributed by atoms with Crippen molar-refractivity contribution in [2.75, 3.05) is 20.6 Å². The van der Waals surface area contributed by atoms with Crippen molar-refractivity contribution in [1.29, 1.82) is 0 Å². The normalized spacial score (nSPS) is 12.9. The van der Waals surface area contributed by atoms with E-state index in [0.29, 0.717) is 0 Å². The third kappa shape index (κ3) is 6.18. The zero-order valence-electron chi connectivity index (χ0n) is 6.94. The molecule has 0 saturated heterocycles. The van der Waals surface area contributed by atoms with E-state index in [1.807, 2.05) is 0 Å². The molecule has 9 heavy (non-hydrogen) atoms. The number of hydrogen-bond acceptors (Lipinski definition) is 1. The molecule has 0 amide bonds. The topological polar surface area (TPSA) is 3.24 Å². The molecule has 48 valence electrons. The zero-order valence-corrected chi connectivity index (χ0v) is 6.94. The van der Waals surface area contributed by atoms with Gasteiger partial charge in [0.1, 0.15) is 0 Å². The molecule has 0 aliphatic rings. The van der Waals surface area contributed by atoms with Gasteiger partial charge in [-0.2, -0.15) is 0 Å². The van der Waals surface area contributed by atoms with E-state index >= 15 is 0 Å². The maximum absolute atomic E-state index is 2.26. The van der Waals surface area contributed by atoms with Gasteiger partial charge in [0.15, 0.2) is 0 Å². The van der Waals surface area contributed by atoms with E-state index < -0.39 is 0 Å². The molecule has 0 heterocycles. The maximum atomic E-state index is 2.26. The van der Waals surface area contributed by atoms with Crippen LogP contribution in [0.3, 0.4) is 0 Å².